The zero-order valence-corrected chi connectivity index (χ0v) is 10.5. The number of carbonyl (C=O) groups is 2. The maximum absolute atomic E-state index is 11.7. The first-order chi connectivity index (χ1) is 7.99. The molecule has 90 valence electrons. The van der Waals surface area contributed by atoms with E-state index in [0.29, 0.717) is 24.3 Å². The van der Waals surface area contributed by atoms with Gasteiger partial charge in [-0.2, -0.15) is 0 Å². The van der Waals surface area contributed by atoms with Gasteiger partial charge in [0.05, 0.1) is 16.9 Å². The monoisotopic (exact) mass is 298 g/mol. The molecular weight excluding hydrogens is 288 g/mol. The van der Waals surface area contributed by atoms with Gasteiger partial charge in [0.2, 0.25) is 5.91 Å². The molecule has 0 radical (unpaired) electrons. The normalized spacial score (nSPS) is 19.7. The van der Waals surface area contributed by atoms with Crippen LogP contribution < -0.4 is 10.6 Å². The molecule has 1 unspecified atom stereocenters. The minimum absolute atomic E-state index is 0.0545. The number of hydrogen-bond donors (Lipinski definition) is 2. The van der Waals surface area contributed by atoms with Gasteiger partial charge in [-0.15, -0.1) is 0 Å². The Bertz CT molecular complexity index is 490. The van der Waals surface area contributed by atoms with Crippen molar-refractivity contribution in [3.63, 3.8) is 0 Å². The Morgan fingerprint density at radius 2 is 2.24 bits per heavy atom. The lowest BCUT2D eigenvalue weighted by Crippen LogP contribution is -2.25. The van der Waals surface area contributed by atoms with Crippen molar-refractivity contribution in [1.82, 2.24) is 0 Å². The number of nitrogens with two attached hydrogens (primary N) is 1. The molecule has 1 aliphatic rings. The van der Waals surface area contributed by atoms with Crippen LogP contribution in [-0.4, -0.2) is 28.4 Å². The summed E-state index contributed by atoms with van der Waals surface area (Å²) in [7, 11) is 0. The number of hydrogen-bond acceptors (Lipinski definition) is 3. The Morgan fingerprint density at radius 3 is 2.76 bits per heavy atom. The zero-order chi connectivity index (χ0) is 12.6. The predicted octanol–water partition coefficient (Wildman–Crippen LogP) is 1.47. The van der Waals surface area contributed by atoms with E-state index in [9.17, 15) is 9.59 Å². The molecule has 0 aromatic heterocycles. The highest BCUT2D eigenvalue weighted by atomic mass is 79.9. The molecule has 1 atom stereocenters. The summed E-state index contributed by atoms with van der Waals surface area (Å²) in [5.74, 6) is -1.09. The third-order valence-corrected chi connectivity index (χ3v) is 3.26. The SMILES string of the molecule is Nc1ccc(C(=O)O)cc1N1CC(Br)CC1=O. The van der Waals surface area contributed by atoms with Crippen LogP contribution in [0.25, 0.3) is 0 Å². The highest BCUT2D eigenvalue weighted by Crippen LogP contribution is 2.30. The van der Waals surface area contributed by atoms with Crippen LogP contribution in [0.1, 0.15) is 16.8 Å². The van der Waals surface area contributed by atoms with Gasteiger partial charge < -0.3 is 15.7 Å². The van der Waals surface area contributed by atoms with Crippen LogP contribution in [0.3, 0.4) is 0 Å². The van der Waals surface area contributed by atoms with Crippen molar-refractivity contribution in [3.8, 4) is 0 Å². The molecule has 0 bridgehead atoms. The fourth-order valence-electron chi connectivity index (χ4n) is 1.81. The van der Waals surface area contributed by atoms with Crippen molar-refractivity contribution < 1.29 is 14.7 Å². The van der Waals surface area contributed by atoms with E-state index in [-0.39, 0.29) is 16.3 Å². The Balaban J connectivity index is 2.41. The lowest BCUT2D eigenvalue weighted by atomic mass is 10.1. The van der Waals surface area contributed by atoms with Gasteiger partial charge in [-0.05, 0) is 18.2 Å². The number of rotatable bonds is 2. The number of carboxylic acids is 1. The number of anilines is 2. The first kappa shape index (κ1) is 11.9. The van der Waals surface area contributed by atoms with Gasteiger partial charge in [0, 0.05) is 17.8 Å². The number of benzene rings is 1. The summed E-state index contributed by atoms with van der Waals surface area (Å²) >= 11 is 3.37. The van der Waals surface area contributed by atoms with E-state index in [2.05, 4.69) is 15.9 Å². The van der Waals surface area contributed by atoms with Crippen LogP contribution in [0.4, 0.5) is 11.4 Å². The Morgan fingerprint density at radius 1 is 1.53 bits per heavy atom. The van der Waals surface area contributed by atoms with Crippen LogP contribution in [0, 0.1) is 0 Å². The summed E-state index contributed by atoms with van der Waals surface area (Å²) in [5, 5.41) is 8.91. The van der Waals surface area contributed by atoms with Gasteiger partial charge in [0.25, 0.3) is 0 Å². The van der Waals surface area contributed by atoms with Crippen molar-refractivity contribution in [2.24, 2.45) is 0 Å². The molecule has 0 spiro atoms. The molecule has 3 N–H and O–H groups in total. The largest absolute Gasteiger partial charge is 0.478 e. The van der Waals surface area contributed by atoms with E-state index < -0.39 is 5.97 Å². The molecule has 1 aromatic rings. The van der Waals surface area contributed by atoms with E-state index in [1.165, 1.54) is 23.1 Å². The summed E-state index contributed by atoms with van der Waals surface area (Å²) in [6.45, 7) is 0.506. The minimum atomic E-state index is -1.03. The lowest BCUT2D eigenvalue weighted by molar-refractivity contribution is -0.117. The molecule has 2 rings (SSSR count). The number of amides is 1. The van der Waals surface area contributed by atoms with Gasteiger partial charge in [0.1, 0.15) is 0 Å². The van der Waals surface area contributed by atoms with E-state index in [1.54, 1.807) is 0 Å². The van der Waals surface area contributed by atoms with Crippen LogP contribution in [0.5, 0.6) is 0 Å². The molecule has 1 aliphatic heterocycles. The quantitative estimate of drug-likeness (QED) is 0.640. The number of nitrogens with zero attached hydrogens (tertiary/aromatic N) is 1. The average molecular weight is 299 g/mol. The second kappa shape index (κ2) is 4.37. The van der Waals surface area contributed by atoms with E-state index in [4.69, 9.17) is 10.8 Å². The number of carboxylic acid groups (broad SMARTS) is 1. The van der Waals surface area contributed by atoms with Crippen molar-refractivity contribution in [3.05, 3.63) is 23.8 Å². The fraction of sp³-hybridized carbons (Fsp3) is 0.273. The average Bonchev–Trinajstić information content (AvgIpc) is 2.58. The molecule has 17 heavy (non-hydrogen) atoms. The molecule has 1 fully saturated rings. The minimum Gasteiger partial charge on any atom is -0.478 e. The maximum atomic E-state index is 11.7. The molecule has 1 aromatic carbocycles. The van der Waals surface area contributed by atoms with Crippen LogP contribution >= 0.6 is 15.9 Å². The number of alkyl halides is 1. The second-order valence-electron chi connectivity index (χ2n) is 3.88. The number of carbonyl (C=O) groups excluding carboxylic acids is 1. The Hall–Kier alpha value is -1.56. The molecule has 1 saturated heterocycles. The van der Waals surface area contributed by atoms with Gasteiger partial charge in [0.15, 0.2) is 0 Å². The summed E-state index contributed by atoms with van der Waals surface area (Å²) in [5.41, 5.74) is 6.78. The standard InChI is InChI=1S/C11H11BrN2O3/c12-7-4-10(15)14(5-7)9-3-6(11(16)17)1-2-8(9)13/h1-3,7H,4-5,13H2,(H,16,17). The first-order valence-corrected chi connectivity index (χ1v) is 5.98. The summed E-state index contributed by atoms with van der Waals surface area (Å²) < 4.78 is 0. The summed E-state index contributed by atoms with van der Waals surface area (Å²) in [6.07, 6.45) is 0.400. The van der Waals surface area contributed by atoms with Crippen molar-refractivity contribution in [1.29, 1.82) is 0 Å². The molecule has 1 heterocycles. The Labute approximate surface area is 106 Å². The number of halogens is 1. The summed E-state index contributed by atoms with van der Waals surface area (Å²) in [4.78, 5) is 24.2. The van der Waals surface area contributed by atoms with Crippen LogP contribution in [0.15, 0.2) is 18.2 Å². The van der Waals surface area contributed by atoms with E-state index in [0.717, 1.165) is 0 Å². The zero-order valence-electron chi connectivity index (χ0n) is 8.89. The molecular formula is C11H11BrN2O3. The highest BCUT2D eigenvalue weighted by molar-refractivity contribution is 9.09. The van der Waals surface area contributed by atoms with Crippen molar-refractivity contribution in [2.75, 3.05) is 17.2 Å². The van der Waals surface area contributed by atoms with Gasteiger partial charge in [-0.25, -0.2) is 4.79 Å². The molecule has 6 heteroatoms. The molecule has 1 amide bonds. The van der Waals surface area contributed by atoms with Gasteiger partial charge in [-0.3, -0.25) is 4.79 Å². The third kappa shape index (κ3) is 2.26. The third-order valence-electron chi connectivity index (χ3n) is 2.65. The molecule has 0 aliphatic carbocycles. The highest BCUT2D eigenvalue weighted by Gasteiger charge is 2.30. The van der Waals surface area contributed by atoms with Gasteiger partial charge >= 0.3 is 5.97 Å². The number of nitrogen functional groups attached to an aromatic ring is 1. The predicted molar refractivity (Wildman–Crippen MR) is 67.5 cm³/mol. The van der Waals surface area contributed by atoms with E-state index in [1.807, 2.05) is 0 Å². The molecule has 5 nitrogen and oxygen atoms in total. The van der Waals surface area contributed by atoms with Gasteiger partial charge in [-0.1, -0.05) is 15.9 Å². The Kier molecular flexibility index (Phi) is 3.06. The maximum Gasteiger partial charge on any atom is 0.335 e. The van der Waals surface area contributed by atoms with Crippen molar-refractivity contribution in [2.45, 2.75) is 11.2 Å². The number of aromatic carboxylic acids is 1. The van der Waals surface area contributed by atoms with Crippen molar-refractivity contribution >= 4 is 39.2 Å². The van der Waals surface area contributed by atoms with E-state index >= 15 is 0 Å². The van der Waals surface area contributed by atoms with Crippen LogP contribution in [-0.2, 0) is 4.79 Å². The smallest absolute Gasteiger partial charge is 0.335 e. The summed E-state index contributed by atoms with van der Waals surface area (Å²) in [6, 6.07) is 4.36. The fourth-order valence-corrected chi connectivity index (χ4v) is 2.37. The second-order valence-corrected chi connectivity index (χ2v) is 5.18. The lowest BCUT2D eigenvalue weighted by Gasteiger charge is -2.18. The first-order valence-electron chi connectivity index (χ1n) is 5.06. The topological polar surface area (TPSA) is 83.6 Å². The van der Waals surface area contributed by atoms with Crippen LogP contribution in [0.2, 0.25) is 0 Å². The molecule has 0 saturated carbocycles.